The van der Waals surface area contributed by atoms with E-state index in [1.165, 1.54) is 12.8 Å². The number of aromatic nitrogens is 1. The van der Waals surface area contributed by atoms with E-state index in [-0.39, 0.29) is 5.97 Å². The predicted octanol–water partition coefficient (Wildman–Crippen LogP) is 2.93. The molecular formula is C15H23N3O2S. The van der Waals surface area contributed by atoms with E-state index in [4.69, 9.17) is 10.5 Å². The fraction of sp³-hybridized carbons (Fsp3) is 0.600. The van der Waals surface area contributed by atoms with Gasteiger partial charge in [0.05, 0.1) is 18.5 Å². The molecule has 0 bridgehead atoms. The standard InChI is InChI=1S/C15H23N3O2S/c1-3-20-15(19)13-8-10(16)9-17-14(13)18-11-4-6-12(21-2)7-5-11/h8-9,11-12H,3-7,16H2,1-2H3,(H,17,18). The molecule has 1 fully saturated rings. The van der Waals surface area contributed by atoms with Gasteiger partial charge in [-0.05, 0) is 44.9 Å². The van der Waals surface area contributed by atoms with Gasteiger partial charge >= 0.3 is 5.97 Å². The van der Waals surface area contributed by atoms with Crippen LogP contribution in [0.1, 0.15) is 43.0 Å². The number of nitrogen functional groups attached to an aromatic ring is 1. The van der Waals surface area contributed by atoms with Gasteiger partial charge in [-0.25, -0.2) is 9.78 Å². The highest BCUT2D eigenvalue weighted by atomic mass is 32.2. The molecule has 116 valence electrons. The number of hydrogen-bond donors (Lipinski definition) is 2. The molecule has 1 aliphatic rings. The third-order valence-corrected chi connectivity index (χ3v) is 4.89. The zero-order valence-electron chi connectivity index (χ0n) is 12.6. The highest BCUT2D eigenvalue weighted by Gasteiger charge is 2.23. The maximum absolute atomic E-state index is 12.0. The van der Waals surface area contributed by atoms with Crippen LogP contribution in [0.2, 0.25) is 0 Å². The second kappa shape index (κ2) is 7.54. The summed E-state index contributed by atoms with van der Waals surface area (Å²) in [5.41, 5.74) is 6.62. The van der Waals surface area contributed by atoms with Crippen molar-refractivity contribution in [2.24, 2.45) is 0 Å². The summed E-state index contributed by atoms with van der Waals surface area (Å²) in [6, 6.07) is 1.98. The number of nitrogens with two attached hydrogens (primary N) is 1. The molecule has 21 heavy (non-hydrogen) atoms. The van der Waals surface area contributed by atoms with Gasteiger partial charge in [-0.1, -0.05) is 0 Å². The van der Waals surface area contributed by atoms with Gasteiger partial charge in [0.15, 0.2) is 0 Å². The van der Waals surface area contributed by atoms with Crippen LogP contribution in [-0.2, 0) is 4.74 Å². The van der Waals surface area contributed by atoms with Crippen LogP contribution in [0.15, 0.2) is 12.3 Å². The quantitative estimate of drug-likeness (QED) is 0.814. The van der Waals surface area contributed by atoms with Crippen molar-refractivity contribution in [3.8, 4) is 0 Å². The fourth-order valence-electron chi connectivity index (χ4n) is 2.60. The number of thioether (sulfide) groups is 1. The highest BCUT2D eigenvalue weighted by molar-refractivity contribution is 7.99. The lowest BCUT2D eigenvalue weighted by Crippen LogP contribution is -2.28. The molecular weight excluding hydrogens is 286 g/mol. The topological polar surface area (TPSA) is 77.2 Å². The van der Waals surface area contributed by atoms with E-state index in [1.54, 1.807) is 19.2 Å². The molecule has 0 aliphatic heterocycles. The van der Waals surface area contributed by atoms with E-state index < -0.39 is 0 Å². The van der Waals surface area contributed by atoms with Crippen molar-refractivity contribution >= 4 is 29.2 Å². The largest absolute Gasteiger partial charge is 0.462 e. The zero-order chi connectivity index (χ0) is 15.2. The van der Waals surface area contributed by atoms with Gasteiger partial charge in [-0.2, -0.15) is 11.8 Å². The molecule has 0 amide bonds. The average molecular weight is 309 g/mol. The summed E-state index contributed by atoms with van der Waals surface area (Å²) < 4.78 is 5.07. The van der Waals surface area contributed by atoms with Crippen LogP contribution >= 0.6 is 11.8 Å². The lowest BCUT2D eigenvalue weighted by atomic mass is 9.95. The van der Waals surface area contributed by atoms with Gasteiger partial charge in [-0.3, -0.25) is 0 Å². The van der Waals surface area contributed by atoms with Crippen molar-refractivity contribution in [1.82, 2.24) is 4.98 Å². The Balaban J connectivity index is 2.07. The van der Waals surface area contributed by atoms with Crippen LogP contribution < -0.4 is 11.1 Å². The Kier molecular flexibility index (Phi) is 5.73. The number of carbonyl (C=O) groups is 1. The molecule has 6 heteroatoms. The molecule has 0 unspecified atom stereocenters. The molecule has 1 aromatic rings. The van der Waals surface area contributed by atoms with Crippen LogP contribution in [0.4, 0.5) is 11.5 Å². The van der Waals surface area contributed by atoms with Crippen LogP contribution in [0.3, 0.4) is 0 Å². The lowest BCUT2D eigenvalue weighted by Gasteiger charge is -2.28. The SMILES string of the molecule is CCOC(=O)c1cc(N)cnc1NC1CCC(SC)CC1. The maximum Gasteiger partial charge on any atom is 0.341 e. The molecule has 0 spiro atoms. The van der Waals surface area contributed by atoms with Gasteiger partial charge in [0, 0.05) is 11.3 Å². The Hall–Kier alpha value is -1.43. The summed E-state index contributed by atoms with van der Waals surface area (Å²) in [4.78, 5) is 16.3. The first-order valence-corrected chi connectivity index (χ1v) is 8.64. The Morgan fingerprint density at radius 1 is 1.48 bits per heavy atom. The summed E-state index contributed by atoms with van der Waals surface area (Å²) in [5, 5.41) is 4.14. The van der Waals surface area contributed by atoms with E-state index in [2.05, 4.69) is 16.6 Å². The minimum Gasteiger partial charge on any atom is -0.462 e. The van der Waals surface area contributed by atoms with Gasteiger partial charge in [-0.15, -0.1) is 0 Å². The zero-order valence-corrected chi connectivity index (χ0v) is 13.4. The van der Waals surface area contributed by atoms with Crippen LogP contribution in [0.5, 0.6) is 0 Å². The van der Waals surface area contributed by atoms with Crippen molar-refractivity contribution in [3.05, 3.63) is 17.8 Å². The first-order valence-electron chi connectivity index (χ1n) is 7.36. The van der Waals surface area contributed by atoms with Crippen molar-refractivity contribution in [3.63, 3.8) is 0 Å². The molecule has 5 nitrogen and oxygen atoms in total. The normalized spacial score (nSPS) is 21.8. The molecule has 0 atom stereocenters. The number of hydrogen-bond acceptors (Lipinski definition) is 6. The van der Waals surface area contributed by atoms with Crippen LogP contribution in [0.25, 0.3) is 0 Å². The average Bonchev–Trinajstić information content (AvgIpc) is 2.50. The minimum atomic E-state index is -0.377. The summed E-state index contributed by atoms with van der Waals surface area (Å²) >= 11 is 1.94. The number of nitrogens with zero attached hydrogens (tertiary/aromatic N) is 1. The van der Waals surface area contributed by atoms with E-state index in [9.17, 15) is 4.79 Å². The molecule has 3 N–H and O–H groups in total. The Labute approximate surface area is 130 Å². The van der Waals surface area contributed by atoms with E-state index in [0.29, 0.717) is 29.7 Å². The number of ether oxygens (including phenoxy) is 1. The number of nitrogens with one attached hydrogen (secondary N) is 1. The number of pyridine rings is 1. The van der Waals surface area contributed by atoms with Crippen LogP contribution in [-0.4, -0.2) is 35.1 Å². The first-order chi connectivity index (χ1) is 10.1. The maximum atomic E-state index is 12.0. The number of rotatable bonds is 5. The third-order valence-electron chi connectivity index (χ3n) is 3.75. The van der Waals surface area contributed by atoms with Crippen molar-refractivity contribution in [2.45, 2.75) is 43.9 Å². The molecule has 2 rings (SSSR count). The number of anilines is 2. The predicted molar refractivity (Wildman–Crippen MR) is 87.8 cm³/mol. The summed E-state index contributed by atoms with van der Waals surface area (Å²) in [6.07, 6.45) is 8.32. The van der Waals surface area contributed by atoms with E-state index >= 15 is 0 Å². The number of esters is 1. The summed E-state index contributed by atoms with van der Waals surface area (Å²) in [5.74, 6) is 0.202. The molecule has 1 aromatic heterocycles. The molecule has 0 saturated heterocycles. The summed E-state index contributed by atoms with van der Waals surface area (Å²) in [7, 11) is 0. The van der Waals surface area contributed by atoms with Gasteiger partial charge in [0.1, 0.15) is 11.4 Å². The minimum absolute atomic E-state index is 0.339. The second-order valence-corrected chi connectivity index (χ2v) is 6.38. The van der Waals surface area contributed by atoms with E-state index in [1.807, 2.05) is 11.8 Å². The Morgan fingerprint density at radius 3 is 2.81 bits per heavy atom. The summed E-state index contributed by atoms with van der Waals surface area (Å²) in [6.45, 7) is 2.13. The fourth-order valence-corrected chi connectivity index (χ4v) is 3.34. The van der Waals surface area contributed by atoms with Crippen molar-refractivity contribution < 1.29 is 9.53 Å². The smallest absolute Gasteiger partial charge is 0.341 e. The van der Waals surface area contributed by atoms with Crippen molar-refractivity contribution in [1.29, 1.82) is 0 Å². The van der Waals surface area contributed by atoms with Gasteiger partial charge < -0.3 is 15.8 Å². The Morgan fingerprint density at radius 2 is 2.19 bits per heavy atom. The third kappa shape index (κ3) is 4.27. The molecule has 1 aliphatic carbocycles. The molecule has 0 aromatic carbocycles. The second-order valence-electron chi connectivity index (χ2n) is 5.24. The molecule has 1 saturated carbocycles. The molecule has 1 heterocycles. The first kappa shape index (κ1) is 15.9. The Bertz CT molecular complexity index is 488. The monoisotopic (exact) mass is 309 g/mol. The highest BCUT2D eigenvalue weighted by Crippen LogP contribution is 2.29. The van der Waals surface area contributed by atoms with E-state index in [0.717, 1.165) is 18.1 Å². The number of carbonyl (C=O) groups excluding carboxylic acids is 1. The molecule has 0 radical (unpaired) electrons. The lowest BCUT2D eigenvalue weighted by molar-refractivity contribution is 0.0527. The van der Waals surface area contributed by atoms with Gasteiger partial charge in [0.2, 0.25) is 0 Å². The van der Waals surface area contributed by atoms with Crippen molar-refractivity contribution in [2.75, 3.05) is 23.9 Å². The van der Waals surface area contributed by atoms with Crippen LogP contribution in [0, 0.1) is 0 Å². The van der Waals surface area contributed by atoms with Gasteiger partial charge in [0.25, 0.3) is 0 Å².